The number of H-pyrrole nitrogens is 1. The van der Waals surface area contributed by atoms with Crippen LogP contribution < -0.4 is 10.9 Å². The second-order valence-corrected chi connectivity index (χ2v) is 7.00. The Morgan fingerprint density at radius 1 is 1.25 bits per heavy atom. The van der Waals surface area contributed by atoms with Crippen LogP contribution in [0.3, 0.4) is 0 Å². The van der Waals surface area contributed by atoms with Crippen LogP contribution in [0.2, 0.25) is 0 Å². The molecular formula is C20H19N5O2S. The van der Waals surface area contributed by atoms with Crippen molar-refractivity contribution in [2.75, 3.05) is 6.54 Å². The summed E-state index contributed by atoms with van der Waals surface area (Å²) in [7, 11) is 1.61. The van der Waals surface area contributed by atoms with Crippen LogP contribution in [-0.2, 0) is 13.6 Å². The Bertz CT molecular complexity index is 1330. The number of hydrogen-bond acceptors (Lipinski definition) is 4. The van der Waals surface area contributed by atoms with E-state index < -0.39 is 0 Å². The number of hydrogen-bond donors (Lipinski definition) is 2. The molecule has 0 saturated carbocycles. The molecule has 4 aromatic rings. The normalized spacial score (nSPS) is 11.2. The first-order valence-electron chi connectivity index (χ1n) is 8.89. The molecule has 0 atom stereocenters. The molecule has 0 aliphatic carbocycles. The highest BCUT2D eigenvalue weighted by Crippen LogP contribution is 2.15. The molecule has 28 heavy (non-hydrogen) atoms. The van der Waals surface area contributed by atoms with Crippen LogP contribution in [0.5, 0.6) is 0 Å². The van der Waals surface area contributed by atoms with Crippen LogP contribution in [-0.4, -0.2) is 31.6 Å². The average molecular weight is 393 g/mol. The Balaban J connectivity index is 1.52. The van der Waals surface area contributed by atoms with Crippen molar-refractivity contribution in [3.05, 3.63) is 69.0 Å². The van der Waals surface area contributed by atoms with Gasteiger partial charge in [-0.25, -0.2) is 4.98 Å². The van der Waals surface area contributed by atoms with Crippen LogP contribution in [0.4, 0.5) is 0 Å². The van der Waals surface area contributed by atoms with Crippen molar-refractivity contribution in [3.8, 4) is 0 Å². The molecule has 0 aliphatic heterocycles. The third kappa shape index (κ3) is 3.11. The first kappa shape index (κ1) is 18.1. The van der Waals surface area contributed by atoms with Crippen molar-refractivity contribution >= 4 is 40.1 Å². The first-order valence-corrected chi connectivity index (χ1v) is 9.29. The van der Waals surface area contributed by atoms with Crippen LogP contribution in [0.25, 0.3) is 21.9 Å². The van der Waals surface area contributed by atoms with Gasteiger partial charge in [0.2, 0.25) is 0 Å². The van der Waals surface area contributed by atoms with Crippen molar-refractivity contribution < 1.29 is 4.79 Å². The maximum Gasteiger partial charge on any atom is 0.261 e. The van der Waals surface area contributed by atoms with Gasteiger partial charge in [-0.1, -0.05) is 12.1 Å². The van der Waals surface area contributed by atoms with Crippen LogP contribution in [0, 0.1) is 11.7 Å². The highest BCUT2D eigenvalue weighted by molar-refractivity contribution is 7.71. The van der Waals surface area contributed by atoms with Gasteiger partial charge in [0.05, 0.1) is 21.9 Å². The number of carbonyl (C=O) groups is 1. The third-order valence-electron chi connectivity index (χ3n) is 4.83. The Hall–Kier alpha value is -3.26. The molecule has 8 heteroatoms. The van der Waals surface area contributed by atoms with Gasteiger partial charge in [0.25, 0.3) is 11.5 Å². The van der Waals surface area contributed by atoms with Gasteiger partial charge in [-0.05, 0) is 49.5 Å². The smallest absolute Gasteiger partial charge is 0.261 e. The Morgan fingerprint density at radius 2 is 2.04 bits per heavy atom. The lowest BCUT2D eigenvalue weighted by atomic mass is 10.1. The van der Waals surface area contributed by atoms with E-state index in [1.165, 1.54) is 4.57 Å². The van der Waals surface area contributed by atoms with E-state index in [2.05, 4.69) is 19.9 Å². The number of carbonyl (C=O) groups excluding carboxylic acids is 1. The van der Waals surface area contributed by atoms with E-state index in [0.29, 0.717) is 34.3 Å². The number of nitrogens with one attached hydrogen (secondary N) is 2. The zero-order chi connectivity index (χ0) is 19.8. The predicted octanol–water partition coefficient (Wildman–Crippen LogP) is 2.68. The maximum atomic E-state index is 12.5. The van der Waals surface area contributed by atoms with Crippen molar-refractivity contribution in [3.63, 3.8) is 0 Å². The van der Waals surface area contributed by atoms with Crippen molar-refractivity contribution in [2.45, 2.75) is 13.5 Å². The quantitative estimate of drug-likeness (QED) is 0.522. The number of aromatic amines is 1. The molecule has 2 aromatic carbocycles. The highest BCUT2D eigenvalue weighted by atomic mass is 32.1. The number of amides is 1. The van der Waals surface area contributed by atoms with E-state index in [4.69, 9.17) is 12.2 Å². The zero-order valence-corrected chi connectivity index (χ0v) is 16.3. The lowest BCUT2D eigenvalue weighted by Crippen LogP contribution is -2.27. The van der Waals surface area contributed by atoms with Gasteiger partial charge < -0.3 is 14.9 Å². The van der Waals surface area contributed by atoms with E-state index in [-0.39, 0.29) is 11.5 Å². The SMILES string of the molecule is Cc1nc2ccccc2n1CCNC(=O)c1ccc2c(=O)n(C)c(=S)[nH]c2c1. The molecule has 0 radical (unpaired) electrons. The predicted molar refractivity (Wildman–Crippen MR) is 111 cm³/mol. The monoisotopic (exact) mass is 393 g/mol. The molecule has 0 saturated heterocycles. The lowest BCUT2D eigenvalue weighted by molar-refractivity contribution is 0.0952. The van der Waals surface area contributed by atoms with E-state index in [9.17, 15) is 9.59 Å². The summed E-state index contributed by atoms with van der Waals surface area (Å²) in [6, 6.07) is 12.9. The van der Waals surface area contributed by atoms with Crippen molar-refractivity contribution in [1.29, 1.82) is 0 Å². The Morgan fingerprint density at radius 3 is 2.86 bits per heavy atom. The Kier molecular flexibility index (Phi) is 4.56. The van der Waals surface area contributed by atoms with Crippen LogP contribution in [0.1, 0.15) is 16.2 Å². The van der Waals surface area contributed by atoms with Gasteiger partial charge in [0, 0.05) is 25.7 Å². The number of rotatable bonds is 4. The molecule has 0 bridgehead atoms. The fourth-order valence-electron chi connectivity index (χ4n) is 3.31. The summed E-state index contributed by atoms with van der Waals surface area (Å²) in [5, 5.41) is 3.42. The molecule has 2 N–H and O–H groups in total. The number of aromatic nitrogens is 4. The van der Waals surface area contributed by atoms with Gasteiger partial charge in [0.1, 0.15) is 5.82 Å². The number of para-hydroxylation sites is 2. The topological polar surface area (TPSA) is 84.7 Å². The largest absolute Gasteiger partial charge is 0.350 e. The summed E-state index contributed by atoms with van der Waals surface area (Å²) in [6.07, 6.45) is 0. The van der Waals surface area contributed by atoms with E-state index in [0.717, 1.165) is 16.9 Å². The molecule has 0 fully saturated rings. The third-order valence-corrected chi connectivity index (χ3v) is 5.21. The molecule has 0 aliphatic rings. The second kappa shape index (κ2) is 7.05. The van der Waals surface area contributed by atoms with Gasteiger partial charge in [-0.15, -0.1) is 0 Å². The maximum absolute atomic E-state index is 12.5. The molecule has 2 heterocycles. The minimum absolute atomic E-state index is 0.187. The summed E-state index contributed by atoms with van der Waals surface area (Å²) >= 11 is 5.14. The number of nitrogens with zero attached hydrogens (tertiary/aromatic N) is 3. The average Bonchev–Trinajstić information content (AvgIpc) is 3.01. The minimum Gasteiger partial charge on any atom is -0.350 e. The van der Waals surface area contributed by atoms with E-state index in [1.54, 1.807) is 25.2 Å². The van der Waals surface area contributed by atoms with Gasteiger partial charge >= 0.3 is 0 Å². The molecule has 0 unspecified atom stereocenters. The summed E-state index contributed by atoms with van der Waals surface area (Å²) in [5.41, 5.74) is 2.82. The van der Waals surface area contributed by atoms with E-state index in [1.807, 2.05) is 31.2 Å². The first-order chi connectivity index (χ1) is 13.5. The van der Waals surface area contributed by atoms with Crippen LogP contribution >= 0.6 is 12.2 Å². The molecule has 142 valence electrons. The fourth-order valence-corrected chi connectivity index (χ4v) is 3.50. The molecule has 0 spiro atoms. The lowest BCUT2D eigenvalue weighted by Gasteiger charge is -2.09. The second-order valence-electron chi connectivity index (χ2n) is 6.61. The molecule has 1 amide bonds. The minimum atomic E-state index is -0.205. The standard InChI is InChI=1S/C20H19N5O2S/c1-12-22-15-5-3-4-6-17(15)25(12)10-9-21-18(26)13-7-8-14-16(11-13)23-20(28)24(2)19(14)27/h3-8,11H,9-10H2,1-2H3,(H,21,26)(H,23,28). The number of benzene rings is 2. The van der Waals surface area contributed by atoms with Crippen LogP contribution in [0.15, 0.2) is 47.3 Å². The summed E-state index contributed by atoms with van der Waals surface area (Å²) < 4.78 is 3.77. The molecule has 4 rings (SSSR count). The highest BCUT2D eigenvalue weighted by Gasteiger charge is 2.10. The van der Waals surface area contributed by atoms with Crippen molar-refractivity contribution in [2.24, 2.45) is 7.05 Å². The zero-order valence-electron chi connectivity index (χ0n) is 15.5. The fraction of sp³-hybridized carbons (Fsp3) is 0.200. The molecule has 2 aromatic heterocycles. The van der Waals surface area contributed by atoms with Gasteiger partial charge in [0.15, 0.2) is 4.77 Å². The Labute approximate surface area is 165 Å². The van der Waals surface area contributed by atoms with Crippen molar-refractivity contribution in [1.82, 2.24) is 24.4 Å². The number of aryl methyl sites for hydroxylation is 1. The summed E-state index contributed by atoms with van der Waals surface area (Å²) in [6.45, 7) is 3.03. The summed E-state index contributed by atoms with van der Waals surface area (Å²) in [5.74, 6) is 0.702. The molecule has 7 nitrogen and oxygen atoms in total. The van der Waals surface area contributed by atoms with Gasteiger partial charge in [-0.2, -0.15) is 0 Å². The summed E-state index contributed by atoms with van der Waals surface area (Å²) in [4.78, 5) is 32.3. The molecular weight excluding hydrogens is 374 g/mol. The number of imidazole rings is 1. The van der Waals surface area contributed by atoms with E-state index >= 15 is 0 Å². The van der Waals surface area contributed by atoms with Gasteiger partial charge in [-0.3, -0.25) is 14.2 Å². The number of fused-ring (bicyclic) bond motifs is 2.